The predicted molar refractivity (Wildman–Crippen MR) is 96.5 cm³/mol. The molecule has 1 aliphatic heterocycles. The Morgan fingerprint density at radius 2 is 1.35 bits per heavy atom. The van der Waals surface area contributed by atoms with Crippen molar-refractivity contribution in [3.63, 3.8) is 0 Å². The van der Waals surface area contributed by atoms with E-state index >= 15 is 0 Å². The van der Waals surface area contributed by atoms with E-state index in [9.17, 15) is 4.79 Å². The number of fused-ring (bicyclic) bond motifs is 1. The molecule has 0 bridgehead atoms. The minimum Gasteiger partial charge on any atom is -0.400 e. The summed E-state index contributed by atoms with van der Waals surface area (Å²) in [5, 5.41) is 15.5. The van der Waals surface area contributed by atoms with Crippen molar-refractivity contribution in [2.75, 3.05) is 20.2 Å². The third kappa shape index (κ3) is 8.68. The highest BCUT2D eigenvalue weighted by atomic mass is 16.3. The Morgan fingerprint density at radius 3 is 1.61 bits per heavy atom. The van der Waals surface area contributed by atoms with Crippen LogP contribution in [0.4, 0.5) is 0 Å². The first-order valence-electron chi connectivity index (χ1n) is 8.17. The molecule has 5 heteroatoms. The molecular weight excluding hydrogens is 292 g/mol. The quantitative estimate of drug-likeness (QED) is 0.687. The van der Waals surface area contributed by atoms with Crippen LogP contribution in [0.2, 0.25) is 0 Å². The zero-order chi connectivity index (χ0) is 17.9. The lowest BCUT2D eigenvalue weighted by Crippen LogP contribution is -2.35. The molecule has 0 spiro atoms. The summed E-state index contributed by atoms with van der Waals surface area (Å²) < 4.78 is 0. The molecule has 1 saturated carbocycles. The van der Waals surface area contributed by atoms with Gasteiger partial charge in [-0.15, -0.1) is 0 Å². The average Bonchev–Trinajstić information content (AvgIpc) is 2.68. The van der Waals surface area contributed by atoms with Gasteiger partial charge in [0.1, 0.15) is 0 Å². The monoisotopic (exact) mass is 332 g/mol. The number of amides is 1. The maximum atomic E-state index is 12.0. The van der Waals surface area contributed by atoms with Crippen molar-refractivity contribution in [3.05, 3.63) is 0 Å². The number of hydrogen-bond donors (Lipinski definition) is 3. The lowest BCUT2D eigenvalue weighted by Gasteiger charge is -2.26. The molecule has 1 heterocycles. The van der Waals surface area contributed by atoms with Crippen molar-refractivity contribution in [1.29, 1.82) is 0 Å². The number of aliphatic hydroxyl groups excluding tert-OH is 1. The van der Waals surface area contributed by atoms with Crippen LogP contribution >= 0.6 is 0 Å². The van der Waals surface area contributed by atoms with Crippen LogP contribution in [-0.4, -0.2) is 46.8 Å². The van der Waals surface area contributed by atoms with Gasteiger partial charge in [0.2, 0.25) is 5.91 Å². The normalized spacial score (nSPS) is 24.2. The van der Waals surface area contributed by atoms with Gasteiger partial charge in [-0.1, -0.05) is 34.6 Å². The van der Waals surface area contributed by atoms with E-state index in [1.165, 1.54) is 0 Å². The van der Waals surface area contributed by atoms with Crippen LogP contribution in [0.1, 0.15) is 61.8 Å². The lowest BCUT2D eigenvalue weighted by atomic mass is 9.91. The smallest absolute Gasteiger partial charge is 0.223 e. The third-order valence-corrected chi connectivity index (χ3v) is 4.16. The summed E-state index contributed by atoms with van der Waals surface area (Å²) in [6, 6.07) is 0. The van der Waals surface area contributed by atoms with E-state index in [1.54, 1.807) is 20.8 Å². The maximum Gasteiger partial charge on any atom is 0.223 e. The molecule has 0 radical (unpaired) electrons. The molecule has 2 fully saturated rings. The van der Waals surface area contributed by atoms with Gasteiger partial charge in [-0.2, -0.15) is 0 Å². The average molecular weight is 333 g/mol. The summed E-state index contributed by atoms with van der Waals surface area (Å²) in [4.78, 5) is 14.0. The molecule has 0 aromatic carbocycles. The number of carbonyl (C=O) groups is 1. The number of piperidine rings is 1. The molecule has 1 aliphatic carbocycles. The van der Waals surface area contributed by atoms with Crippen molar-refractivity contribution in [2.45, 2.75) is 67.4 Å². The van der Waals surface area contributed by atoms with Crippen molar-refractivity contribution in [2.24, 2.45) is 22.7 Å². The van der Waals surface area contributed by atoms with Crippen LogP contribution in [-0.2, 0) is 4.79 Å². The topological polar surface area (TPSA) is 95.8 Å². The highest BCUT2D eigenvalue weighted by Gasteiger charge is 2.62. The van der Waals surface area contributed by atoms with E-state index < -0.39 is 5.60 Å². The first kappa shape index (κ1) is 24.6. The summed E-state index contributed by atoms with van der Waals surface area (Å²) in [6.07, 6.45) is 0.687. The summed E-state index contributed by atoms with van der Waals surface area (Å²) in [5.41, 5.74) is 0.137. The fraction of sp³-hybridized carbons (Fsp3) is 0.944. The molecule has 0 aromatic heterocycles. The van der Waals surface area contributed by atoms with Crippen molar-refractivity contribution < 1.29 is 15.0 Å². The number of nitrogens with zero attached hydrogens (tertiary/aromatic N) is 1. The molecule has 2 unspecified atom stereocenters. The second-order valence-corrected chi connectivity index (χ2v) is 9.24. The first-order chi connectivity index (χ1) is 9.72. The minimum atomic E-state index is -0.500. The highest BCUT2D eigenvalue weighted by Crippen LogP contribution is 2.62. The number of rotatable bonds is 1. The summed E-state index contributed by atoms with van der Waals surface area (Å²) >= 11 is 0. The summed E-state index contributed by atoms with van der Waals surface area (Å²) in [5.74, 6) is 1.91. The van der Waals surface area contributed by atoms with E-state index in [0.29, 0.717) is 17.7 Å². The fourth-order valence-electron chi connectivity index (χ4n) is 2.90. The molecule has 5 N–H and O–H groups in total. The van der Waals surface area contributed by atoms with Crippen LogP contribution in [0, 0.1) is 22.7 Å². The predicted octanol–water partition coefficient (Wildman–Crippen LogP) is 3.08. The Bertz CT molecular complexity index is 347. The van der Waals surface area contributed by atoms with E-state index in [2.05, 4.69) is 39.5 Å². The van der Waals surface area contributed by atoms with Crippen LogP contribution in [0.25, 0.3) is 0 Å². The first-order valence-corrected chi connectivity index (χ1v) is 8.17. The van der Waals surface area contributed by atoms with Gasteiger partial charge < -0.3 is 21.3 Å². The van der Waals surface area contributed by atoms with E-state index in [-0.39, 0.29) is 11.6 Å². The zero-order valence-electron chi connectivity index (χ0n) is 16.7. The summed E-state index contributed by atoms with van der Waals surface area (Å²) in [6.45, 7) is 18.3. The second-order valence-electron chi connectivity index (χ2n) is 9.24. The van der Waals surface area contributed by atoms with Crippen LogP contribution < -0.4 is 6.15 Å². The zero-order valence-corrected chi connectivity index (χ0v) is 16.7. The Hall–Kier alpha value is -0.650. The maximum absolute atomic E-state index is 12.0. The molecule has 0 aromatic rings. The minimum absolute atomic E-state index is 0. The molecule has 1 saturated heterocycles. The fourth-order valence-corrected chi connectivity index (χ4v) is 2.90. The number of carbonyl (C=O) groups excluding carboxylic acids is 1. The van der Waals surface area contributed by atoms with Crippen LogP contribution in [0.5, 0.6) is 0 Å². The van der Waals surface area contributed by atoms with Crippen LogP contribution in [0.3, 0.4) is 0 Å². The molecule has 1 amide bonds. The molecule has 2 atom stereocenters. The molecule has 2 rings (SSSR count). The SMILES string of the molecule is CC(C)(C)CC(=O)N1CC2C(C1)C2(C)C.CC(C)(C)O.CO.N. The molecule has 140 valence electrons. The van der Waals surface area contributed by atoms with Gasteiger partial charge in [0.15, 0.2) is 0 Å². The molecule has 2 aliphatic rings. The lowest BCUT2D eigenvalue weighted by molar-refractivity contribution is -0.132. The van der Waals surface area contributed by atoms with Gasteiger partial charge in [0.05, 0.1) is 5.60 Å². The van der Waals surface area contributed by atoms with Crippen molar-refractivity contribution in [3.8, 4) is 0 Å². The molecular formula is C18H40N2O3. The standard InChI is InChI=1S/C13H23NO.C4H10O.CH4O.H3N/c1-12(2,3)6-11(15)14-7-9-10(8-14)13(9,4)5;1-4(2,3)5;1-2;/h9-10H,6-8H2,1-5H3;5H,1-3H3;2H,1H3;1H3. The van der Waals surface area contributed by atoms with Crippen LogP contribution in [0.15, 0.2) is 0 Å². The van der Waals surface area contributed by atoms with Crippen molar-refractivity contribution in [1.82, 2.24) is 11.1 Å². The Morgan fingerprint density at radius 1 is 1.04 bits per heavy atom. The van der Waals surface area contributed by atoms with E-state index in [4.69, 9.17) is 10.2 Å². The van der Waals surface area contributed by atoms with Gasteiger partial charge >= 0.3 is 0 Å². The van der Waals surface area contributed by atoms with E-state index in [1.807, 2.05) is 0 Å². The van der Waals surface area contributed by atoms with Crippen molar-refractivity contribution >= 4 is 5.91 Å². The second kappa shape index (κ2) is 8.45. The summed E-state index contributed by atoms with van der Waals surface area (Å²) in [7, 11) is 1.00. The number of hydrogen-bond acceptors (Lipinski definition) is 4. The Kier molecular flexibility index (Phi) is 9.04. The van der Waals surface area contributed by atoms with Gasteiger partial charge in [-0.25, -0.2) is 0 Å². The van der Waals surface area contributed by atoms with Gasteiger partial charge in [0, 0.05) is 26.6 Å². The van der Waals surface area contributed by atoms with E-state index in [0.717, 1.165) is 32.0 Å². The third-order valence-electron chi connectivity index (χ3n) is 4.16. The van der Waals surface area contributed by atoms with Gasteiger partial charge in [-0.3, -0.25) is 4.79 Å². The largest absolute Gasteiger partial charge is 0.400 e. The van der Waals surface area contributed by atoms with Gasteiger partial charge in [0.25, 0.3) is 0 Å². The molecule has 23 heavy (non-hydrogen) atoms. The number of likely N-dealkylation sites (tertiary alicyclic amines) is 1. The Labute approximate surface area is 143 Å². The van der Waals surface area contributed by atoms with Gasteiger partial charge in [-0.05, 0) is 43.4 Å². The molecule has 5 nitrogen and oxygen atoms in total. The Balaban J connectivity index is 0. The number of aliphatic hydroxyl groups is 2. The highest BCUT2D eigenvalue weighted by molar-refractivity contribution is 5.77.